The first-order valence-electron chi connectivity index (χ1n) is 11.1. The van der Waals surface area contributed by atoms with Crippen LogP contribution in [0.15, 0.2) is 84.9 Å². The highest BCUT2D eigenvalue weighted by Crippen LogP contribution is 2.46. The van der Waals surface area contributed by atoms with Crippen molar-refractivity contribution >= 4 is 43.1 Å². The molecule has 0 saturated carbocycles. The van der Waals surface area contributed by atoms with Crippen LogP contribution in [0.4, 0.5) is 0 Å². The Balaban J connectivity index is 1.63. The first-order valence-corrected chi connectivity index (χ1v) is 11.1. The smallest absolute Gasteiger partial charge is 0.00130 e. The van der Waals surface area contributed by atoms with E-state index < -0.39 is 0 Å². The summed E-state index contributed by atoms with van der Waals surface area (Å²) < 4.78 is 0. The lowest BCUT2D eigenvalue weighted by Gasteiger charge is -2.13. The van der Waals surface area contributed by atoms with Gasteiger partial charge in [0.1, 0.15) is 0 Å². The molecule has 146 valence electrons. The molecule has 0 unspecified atom stereocenters. The van der Waals surface area contributed by atoms with Crippen LogP contribution in [-0.4, -0.2) is 0 Å². The molecule has 0 saturated heterocycles. The maximum absolute atomic E-state index is 2.41. The lowest BCUT2D eigenvalue weighted by molar-refractivity contribution is 1.27. The highest BCUT2D eigenvalue weighted by molar-refractivity contribution is 6.15. The van der Waals surface area contributed by atoms with Crippen molar-refractivity contribution in [2.45, 2.75) is 20.3 Å². The van der Waals surface area contributed by atoms with E-state index in [4.69, 9.17) is 0 Å². The van der Waals surface area contributed by atoms with Gasteiger partial charge in [-0.15, -0.1) is 0 Å². The van der Waals surface area contributed by atoms with E-state index in [0.717, 1.165) is 6.42 Å². The lowest BCUT2D eigenvalue weighted by atomic mass is 9.90. The molecule has 0 amide bonds. The Hall–Kier alpha value is -3.64. The van der Waals surface area contributed by atoms with Crippen molar-refractivity contribution in [2.75, 3.05) is 0 Å². The minimum absolute atomic E-state index is 1.02. The predicted molar refractivity (Wildman–Crippen MR) is 134 cm³/mol. The molecule has 31 heavy (non-hydrogen) atoms. The lowest BCUT2D eigenvalue weighted by Crippen LogP contribution is -1.87. The van der Waals surface area contributed by atoms with Gasteiger partial charge in [-0.05, 0) is 121 Å². The molecule has 0 aromatic heterocycles. The van der Waals surface area contributed by atoms with Gasteiger partial charge in [-0.1, -0.05) is 60.7 Å². The van der Waals surface area contributed by atoms with Gasteiger partial charge in [0.15, 0.2) is 0 Å². The molecule has 6 aromatic carbocycles. The predicted octanol–water partition coefficient (Wildman–Crippen LogP) is 8.49. The number of aryl methyl sites for hydroxylation is 2. The van der Waals surface area contributed by atoms with Crippen LogP contribution in [0.5, 0.6) is 0 Å². The third-order valence-corrected chi connectivity index (χ3v) is 7.28. The van der Waals surface area contributed by atoms with Crippen molar-refractivity contribution in [3.63, 3.8) is 0 Å². The van der Waals surface area contributed by atoms with Crippen LogP contribution < -0.4 is 0 Å². The van der Waals surface area contributed by atoms with E-state index in [9.17, 15) is 0 Å². The van der Waals surface area contributed by atoms with Crippen LogP contribution in [-0.2, 0) is 6.42 Å². The summed E-state index contributed by atoms with van der Waals surface area (Å²) in [4.78, 5) is 0. The number of benzene rings is 6. The fraction of sp³-hybridized carbons (Fsp3) is 0.0968. The van der Waals surface area contributed by atoms with E-state index in [0.29, 0.717) is 0 Å². The Labute approximate surface area is 181 Å². The minimum Gasteiger partial charge on any atom is -0.0614 e. The second-order valence-electron chi connectivity index (χ2n) is 9.11. The van der Waals surface area contributed by atoms with Crippen molar-refractivity contribution < 1.29 is 0 Å². The van der Waals surface area contributed by atoms with Crippen molar-refractivity contribution in [1.82, 2.24) is 0 Å². The van der Waals surface area contributed by atoms with Crippen LogP contribution in [0.2, 0.25) is 0 Å². The second-order valence-corrected chi connectivity index (χ2v) is 9.11. The van der Waals surface area contributed by atoms with Crippen LogP contribution in [0.3, 0.4) is 0 Å². The third kappa shape index (κ3) is 2.31. The van der Waals surface area contributed by atoms with E-state index >= 15 is 0 Å². The van der Waals surface area contributed by atoms with Gasteiger partial charge >= 0.3 is 0 Å². The molecule has 0 aliphatic heterocycles. The molecular formula is C31H22. The Morgan fingerprint density at radius 1 is 0.452 bits per heavy atom. The van der Waals surface area contributed by atoms with Crippen molar-refractivity contribution in [3.8, 4) is 11.1 Å². The monoisotopic (exact) mass is 394 g/mol. The Morgan fingerprint density at radius 2 is 0.871 bits per heavy atom. The summed E-state index contributed by atoms with van der Waals surface area (Å²) in [6, 6.07) is 32.1. The van der Waals surface area contributed by atoms with E-state index in [-0.39, 0.29) is 0 Å². The van der Waals surface area contributed by atoms with Gasteiger partial charge in [0.25, 0.3) is 0 Å². The fourth-order valence-electron chi connectivity index (χ4n) is 5.69. The quantitative estimate of drug-likeness (QED) is 0.226. The average Bonchev–Trinajstić information content (AvgIpc) is 3.17. The van der Waals surface area contributed by atoms with Gasteiger partial charge in [-0.3, -0.25) is 0 Å². The molecule has 1 aliphatic carbocycles. The molecule has 6 aromatic rings. The van der Waals surface area contributed by atoms with Gasteiger partial charge in [0.05, 0.1) is 0 Å². The molecule has 0 bridgehead atoms. The maximum Gasteiger partial charge on any atom is -0.00130 e. The Kier molecular flexibility index (Phi) is 3.28. The molecule has 0 heteroatoms. The third-order valence-electron chi connectivity index (χ3n) is 7.28. The zero-order valence-electron chi connectivity index (χ0n) is 17.8. The molecule has 0 spiro atoms. The van der Waals surface area contributed by atoms with Gasteiger partial charge in [0.2, 0.25) is 0 Å². The van der Waals surface area contributed by atoms with Crippen LogP contribution in [0.1, 0.15) is 22.3 Å². The second kappa shape index (κ2) is 5.95. The van der Waals surface area contributed by atoms with Gasteiger partial charge in [-0.25, -0.2) is 0 Å². The summed E-state index contributed by atoms with van der Waals surface area (Å²) in [6.45, 7) is 4.41. The van der Waals surface area contributed by atoms with E-state index in [1.165, 1.54) is 76.5 Å². The summed E-state index contributed by atoms with van der Waals surface area (Å²) in [5.41, 5.74) is 8.46. The van der Waals surface area contributed by atoms with E-state index in [1.54, 1.807) is 0 Å². The normalized spacial score (nSPS) is 12.7. The zero-order valence-corrected chi connectivity index (χ0v) is 17.8. The fourth-order valence-corrected chi connectivity index (χ4v) is 5.69. The standard InChI is InChI=1S/C31H22/c1-18-5-3-7-20-16-28-22(14-26(18)20)9-11-24-13-25-12-10-23-15-27-19(2)6-4-8-21(27)17-29(23)31(25)30(24)28/h3-12,14-17H,13H2,1-2H3. The zero-order chi connectivity index (χ0) is 20.7. The number of rotatable bonds is 0. The highest BCUT2D eigenvalue weighted by atomic mass is 14.3. The summed E-state index contributed by atoms with van der Waals surface area (Å²) in [6.07, 6.45) is 1.02. The molecule has 0 nitrogen and oxygen atoms in total. The summed E-state index contributed by atoms with van der Waals surface area (Å²) >= 11 is 0. The molecular weight excluding hydrogens is 372 g/mol. The number of fused-ring (bicyclic) bond motifs is 9. The van der Waals surface area contributed by atoms with Crippen LogP contribution >= 0.6 is 0 Å². The molecule has 0 N–H and O–H groups in total. The summed E-state index contributed by atoms with van der Waals surface area (Å²) in [5.74, 6) is 0. The van der Waals surface area contributed by atoms with Crippen LogP contribution in [0, 0.1) is 13.8 Å². The molecule has 0 atom stereocenters. The highest BCUT2D eigenvalue weighted by Gasteiger charge is 2.23. The van der Waals surface area contributed by atoms with Gasteiger partial charge in [0, 0.05) is 0 Å². The van der Waals surface area contributed by atoms with Crippen molar-refractivity contribution in [2.24, 2.45) is 0 Å². The SMILES string of the molecule is Cc1cccc2cc3c4c(ccc3cc12)Cc1ccc2cc3c(C)cccc3cc2c1-4. The topological polar surface area (TPSA) is 0 Å². The number of hydrogen-bond acceptors (Lipinski definition) is 0. The molecule has 0 fully saturated rings. The molecule has 0 heterocycles. The summed E-state index contributed by atoms with van der Waals surface area (Å²) in [7, 11) is 0. The summed E-state index contributed by atoms with van der Waals surface area (Å²) in [5, 5.41) is 10.8. The van der Waals surface area contributed by atoms with E-state index in [2.05, 4.69) is 98.8 Å². The first kappa shape index (κ1) is 17.1. The first-order chi connectivity index (χ1) is 15.2. The minimum atomic E-state index is 1.02. The average molecular weight is 395 g/mol. The van der Waals surface area contributed by atoms with Crippen molar-refractivity contribution in [1.29, 1.82) is 0 Å². The Morgan fingerprint density at radius 3 is 1.35 bits per heavy atom. The largest absolute Gasteiger partial charge is 0.0614 e. The molecule has 7 rings (SSSR count). The van der Waals surface area contributed by atoms with Gasteiger partial charge in [-0.2, -0.15) is 0 Å². The van der Waals surface area contributed by atoms with E-state index in [1.807, 2.05) is 0 Å². The number of hydrogen-bond donors (Lipinski definition) is 0. The van der Waals surface area contributed by atoms with Gasteiger partial charge < -0.3 is 0 Å². The Bertz CT molecular complexity index is 1590. The molecule has 1 aliphatic rings. The molecule has 0 radical (unpaired) electrons. The van der Waals surface area contributed by atoms with Crippen LogP contribution in [0.25, 0.3) is 54.2 Å². The van der Waals surface area contributed by atoms with Crippen molar-refractivity contribution in [3.05, 3.63) is 107 Å². The maximum atomic E-state index is 2.41.